The molecule has 2 rings (SSSR count). The van der Waals surface area contributed by atoms with Gasteiger partial charge in [-0.1, -0.05) is 19.1 Å². The van der Waals surface area contributed by atoms with E-state index in [1.54, 1.807) is 7.11 Å². The van der Waals surface area contributed by atoms with Crippen molar-refractivity contribution in [2.24, 2.45) is 11.8 Å². The van der Waals surface area contributed by atoms with Crippen molar-refractivity contribution in [1.29, 1.82) is 0 Å². The molecule has 0 aromatic heterocycles. The molecule has 1 N–H and O–H groups in total. The minimum absolute atomic E-state index is 0.289. The highest BCUT2D eigenvalue weighted by molar-refractivity contribution is 5.28. The monoisotopic (exact) mass is 236 g/mol. The molecule has 1 fully saturated rings. The van der Waals surface area contributed by atoms with Gasteiger partial charge in [0.2, 0.25) is 0 Å². The Morgan fingerprint density at radius 1 is 1.35 bits per heavy atom. The Bertz CT molecular complexity index is 347. The zero-order chi connectivity index (χ0) is 12.3. The maximum atomic E-state index is 10.4. The Morgan fingerprint density at radius 2 is 2.06 bits per heavy atom. The summed E-state index contributed by atoms with van der Waals surface area (Å²) >= 11 is 0. The molecule has 1 heterocycles. The van der Waals surface area contributed by atoms with E-state index >= 15 is 0 Å². The molecule has 1 aromatic rings. The van der Waals surface area contributed by atoms with E-state index in [2.05, 4.69) is 6.92 Å². The van der Waals surface area contributed by atoms with Crippen LogP contribution < -0.4 is 4.74 Å². The second-order valence-corrected chi connectivity index (χ2v) is 4.72. The Kier molecular flexibility index (Phi) is 4.02. The topological polar surface area (TPSA) is 38.7 Å². The summed E-state index contributed by atoms with van der Waals surface area (Å²) < 4.78 is 10.5. The van der Waals surface area contributed by atoms with Crippen LogP contribution in [-0.4, -0.2) is 25.4 Å². The molecule has 0 bridgehead atoms. The molecule has 1 aliphatic rings. The van der Waals surface area contributed by atoms with Crippen molar-refractivity contribution in [2.75, 3.05) is 20.3 Å². The first-order valence-corrected chi connectivity index (χ1v) is 6.12. The third-order valence-corrected chi connectivity index (χ3v) is 3.57. The first-order chi connectivity index (χ1) is 8.22. The molecule has 1 aliphatic heterocycles. The van der Waals surface area contributed by atoms with E-state index < -0.39 is 6.10 Å². The normalized spacial score (nSPS) is 26.5. The second-order valence-electron chi connectivity index (χ2n) is 4.72. The van der Waals surface area contributed by atoms with Gasteiger partial charge in [-0.3, -0.25) is 0 Å². The number of aliphatic hydroxyl groups is 1. The average Bonchev–Trinajstić information content (AvgIpc) is 2.39. The number of rotatable bonds is 3. The van der Waals surface area contributed by atoms with E-state index in [0.717, 1.165) is 30.9 Å². The molecule has 0 amide bonds. The molecule has 0 aliphatic carbocycles. The highest BCUT2D eigenvalue weighted by Crippen LogP contribution is 2.34. The van der Waals surface area contributed by atoms with Gasteiger partial charge in [-0.25, -0.2) is 0 Å². The van der Waals surface area contributed by atoms with E-state index in [4.69, 9.17) is 9.47 Å². The lowest BCUT2D eigenvalue weighted by Gasteiger charge is -2.32. The summed E-state index contributed by atoms with van der Waals surface area (Å²) in [6, 6.07) is 7.66. The smallest absolute Gasteiger partial charge is 0.118 e. The summed E-state index contributed by atoms with van der Waals surface area (Å²) in [5.74, 6) is 1.51. The highest BCUT2D eigenvalue weighted by Gasteiger charge is 2.29. The average molecular weight is 236 g/mol. The minimum Gasteiger partial charge on any atom is -0.497 e. The first-order valence-electron chi connectivity index (χ1n) is 6.12. The fourth-order valence-corrected chi connectivity index (χ4v) is 2.41. The van der Waals surface area contributed by atoms with Crippen LogP contribution in [0.15, 0.2) is 24.3 Å². The minimum atomic E-state index is -0.403. The molecule has 1 aromatic carbocycles. The molecule has 1 saturated heterocycles. The quantitative estimate of drug-likeness (QED) is 0.875. The van der Waals surface area contributed by atoms with Crippen LogP contribution >= 0.6 is 0 Å². The predicted molar refractivity (Wildman–Crippen MR) is 66.0 cm³/mol. The molecule has 3 nitrogen and oxygen atoms in total. The van der Waals surface area contributed by atoms with Crippen LogP contribution in [0.25, 0.3) is 0 Å². The van der Waals surface area contributed by atoms with Gasteiger partial charge >= 0.3 is 0 Å². The molecule has 0 spiro atoms. The number of hydrogen-bond donors (Lipinski definition) is 1. The van der Waals surface area contributed by atoms with Crippen LogP contribution in [-0.2, 0) is 4.74 Å². The second kappa shape index (κ2) is 5.52. The van der Waals surface area contributed by atoms with Crippen LogP contribution in [0, 0.1) is 11.8 Å². The van der Waals surface area contributed by atoms with Crippen LogP contribution in [0.2, 0.25) is 0 Å². The Morgan fingerprint density at radius 3 is 2.65 bits per heavy atom. The maximum absolute atomic E-state index is 10.4. The van der Waals surface area contributed by atoms with Gasteiger partial charge in [0.25, 0.3) is 0 Å². The standard InChI is InChI=1S/C14H20O3/c1-10-9-17-8-7-13(10)14(15)11-3-5-12(16-2)6-4-11/h3-6,10,13-15H,7-9H2,1-2H3. The van der Waals surface area contributed by atoms with Gasteiger partial charge in [-0.15, -0.1) is 0 Å². The van der Waals surface area contributed by atoms with Gasteiger partial charge in [-0.05, 0) is 36.0 Å². The zero-order valence-electron chi connectivity index (χ0n) is 10.4. The number of ether oxygens (including phenoxy) is 2. The summed E-state index contributed by atoms with van der Waals surface area (Å²) in [6.45, 7) is 3.64. The summed E-state index contributed by atoms with van der Waals surface area (Å²) in [5.41, 5.74) is 0.963. The van der Waals surface area contributed by atoms with E-state index in [0.29, 0.717) is 5.92 Å². The molecule has 3 atom stereocenters. The molecule has 3 unspecified atom stereocenters. The summed E-state index contributed by atoms with van der Waals surface area (Å²) in [6.07, 6.45) is 0.522. The van der Waals surface area contributed by atoms with Crippen molar-refractivity contribution in [2.45, 2.75) is 19.4 Å². The van der Waals surface area contributed by atoms with Gasteiger partial charge in [-0.2, -0.15) is 0 Å². The van der Waals surface area contributed by atoms with Crippen LogP contribution in [0.3, 0.4) is 0 Å². The van der Waals surface area contributed by atoms with E-state index in [9.17, 15) is 5.11 Å². The molecule has 3 heteroatoms. The third-order valence-electron chi connectivity index (χ3n) is 3.57. The maximum Gasteiger partial charge on any atom is 0.118 e. The Hall–Kier alpha value is -1.06. The van der Waals surface area contributed by atoms with E-state index in [1.165, 1.54) is 0 Å². The third kappa shape index (κ3) is 2.79. The van der Waals surface area contributed by atoms with Crippen molar-refractivity contribution in [3.63, 3.8) is 0 Å². The van der Waals surface area contributed by atoms with Crippen molar-refractivity contribution >= 4 is 0 Å². The number of hydrogen-bond acceptors (Lipinski definition) is 3. The lowest BCUT2D eigenvalue weighted by molar-refractivity contribution is -0.0310. The van der Waals surface area contributed by atoms with E-state index in [1.807, 2.05) is 24.3 Å². The first kappa shape index (κ1) is 12.4. The van der Waals surface area contributed by atoms with Crippen LogP contribution in [0.4, 0.5) is 0 Å². The summed E-state index contributed by atoms with van der Waals surface area (Å²) in [4.78, 5) is 0. The summed E-state index contributed by atoms with van der Waals surface area (Å²) in [5, 5.41) is 10.4. The molecule has 0 saturated carbocycles. The van der Waals surface area contributed by atoms with Crippen molar-refractivity contribution in [3.05, 3.63) is 29.8 Å². The molecule has 94 valence electrons. The van der Waals surface area contributed by atoms with Gasteiger partial charge < -0.3 is 14.6 Å². The molecular weight excluding hydrogens is 216 g/mol. The van der Waals surface area contributed by atoms with Gasteiger partial charge in [0.15, 0.2) is 0 Å². The number of aliphatic hydroxyl groups excluding tert-OH is 1. The largest absolute Gasteiger partial charge is 0.497 e. The van der Waals surface area contributed by atoms with Crippen LogP contribution in [0.1, 0.15) is 25.0 Å². The van der Waals surface area contributed by atoms with Gasteiger partial charge in [0.05, 0.1) is 13.2 Å². The molecular formula is C14H20O3. The fraction of sp³-hybridized carbons (Fsp3) is 0.571. The van der Waals surface area contributed by atoms with Gasteiger partial charge in [0.1, 0.15) is 5.75 Å². The highest BCUT2D eigenvalue weighted by atomic mass is 16.5. The van der Waals surface area contributed by atoms with Crippen molar-refractivity contribution in [3.8, 4) is 5.75 Å². The van der Waals surface area contributed by atoms with Crippen molar-refractivity contribution < 1.29 is 14.6 Å². The SMILES string of the molecule is COc1ccc(C(O)C2CCOCC2C)cc1. The fourth-order valence-electron chi connectivity index (χ4n) is 2.41. The molecule has 17 heavy (non-hydrogen) atoms. The lowest BCUT2D eigenvalue weighted by atomic mass is 9.82. The summed E-state index contributed by atoms with van der Waals surface area (Å²) in [7, 11) is 1.64. The van der Waals surface area contributed by atoms with Gasteiger partial charge in [0, 0.05) is 13.2 Å². The zero-order valence-corrected chi connectivity index (χ0v) is 10.4. The number of benzene rings is 1. The Labute approximate surface area is 102 Å². The van der Waals surface area contributed by atoms with Crippen molar-refractivity contribution in [1.82, 2.24) is 0 Å². The van der Waals surface area contributed by atoms with E-state index in [-0.39, 0.29) is 5.92 Å². The Balaban J connectivity index is 2.09. The number of methoxy groups -OCH3 is 1. The molecule has 0 radical (unpaired) electrons. The van der Waals surface area contributed by atoms with Crippen LogP contribution in [0.5, 0.6) is 5.75 Å². The lowest BCUT2D eigenvalue weighted by Crippen LogP contribution is -2.29. The predicted octanol–water partition coefficient (Wildman–Crippen LogP) is 2.40.